The first-order chi connectivity index (χ1) is 8.81. The van der Waals surface area contributed by atoms with Crippen LogP contribution in [0.25, 0.3) is 0 Å². The molecule has 6 nitrogen and oxygen atoms in total. The maximum absolute atomic E-state index is 11.4. The Balaban J connectivity index is 2.59. The lowest BCUT2D eigenvalue weighted by molar-refractivity contribution is 0.0488. The molecular weight excluding hydrogens is 246 g/mol. The number of carbonyl (C=O) groups is 1. The van der Waals surface area contributed by atoms with Gasteiger partial charge in [0.1, 0.15) is 12.3 Å². The molecule has 0 aliphatic rings. The molecule has 0 unspecified atom stereocenters. The standard InChI is InChI=1S/C13H21N3O3/c1-5-18-11(17)10-7-6-9(19-10)8-15-12(14)16-13(2,3)4/h6-7H,5,8H2,1-4H3,(H3,14,15,16). The van der Waals surface area contributed by atoms with E-state index in [1.807, 2.05) is 20.8 Å². The van der Waals surface area contributed by atoms with Gasteiger partial charge < -0.3 is 20.2 Å². The summed E-state index contributed by atoms with van der Waals surface area (Å²) in [6, 6.07) is 3.25. The maximum atomic E-state index is 11.4. The van der Waals surface area contributed by atoms with Crippen molar-refractivity contribution < 1.29 is 13.9 Å². The minimum Gasteiger partial charge on any atom is -0.460 e. The summed E-state index contributed by atoms with van der Waals surface area (Å²) in [6.07, 6.45) is 0. The number of nitrogens with two attached hydrogens (primary N) is 1. The van der Waals surface area contributed by atoms with E-state index in [1.54, 1.807) is 19.1 Å². The molecule has 6 heteroatoms. The second kappa shape index (κ2) is 6.26. The van der Waals surface area contributed by atoms with E-state index in [9.17, 15) is 4.79 Å². The molecule has 19 heavy (non-hydrogen) atoms. The molecule has 1 aromatic heterocycles. The molecule has 1 rings (SSSR count). The SMILES string of the molecule is CCOC(=O)c1ccc(CN=C(N)NC(C)(C)C)o1. The first-order valence-electron chi connectivity index (χ1n) is 6.16. The zero-order chi connectivity index (χ0) is 14.5. The highest BCUT2D eigenvalue weighted by Gasteiger charge is 2.12. The third-order valence-corrected chi connectivity index (χ3v) is 2.05. The van der Waals surface area contributed by atoms with Gasteiger partial charge in [0, 0.05) is 5.54 Å². The van der Waals surface area contributed by atoms with Crippen LogP contribution in [0.1, 0.15) is 44.0 Å². The maximum Gasteiger partial charge on any atom is 0.374 e. The molecule has 0 aromatic carbocycles. The van der Waals surface area contributed by atoms with Crippen molar-refractivity contribution in [1.82, 2.24) is 5.32 Å². The van der Waals surface area contributed by atoms with Crippen LogP contribution in [0.15, 0.2) is 21.5 Å². The summed E-state index contributed by atoms with van der Waals surface area (Å²) in [5, 5.41) is 3.03. The predicted octanol–water partition coefficient (Wildman–Crippen LogP) is 1.66. The van der Waals surface area contributed by atoms with Crippen molar-refractivity contribution in [3.05, 3.63) is 23.7 Å². The number of guanidine groups is 1. The highest BCUT2D eigenvalue weighted by molar-refractivity contribution is 5.86. The number of ether oxygens (including phenoxy) is 1. The van der Waals surface area contributed by atoms with Gasteiger partial charge in [0.05, 0.1) is 6.61 Å². The fraction of sp³-hybridized carbons (Fsp3) is 0.538. The molecule has 0 saturated carbocycles. The predicted molar refractivity (Wildman–Crippen MR) is 72.9 cm³/mol. The Morgan fingerprint density at radius 1 is 1.47 bits per heavy atom. The van der Waals surface area contributed by atoms with Gasteiger partial charge in [-0.1, -0.05) is 0 Å². The van der Waals surface area contributed by atoms with Crippen molar-refractivity contribution in [2.75, 3.05) is 6.61 Å². The largest absolute Gasteiger partial charge is 0.460 e. The van der Waals surface area contributed by atoms with E-state index in [0.29, 0.717) is 18.3 Å². The van der Waals surface area contributed by atoms with Crippen LogP contribution in [0.4, 0.5) is 0 Å². The number of hydrogen-bond acceptors (Lipinski definition) is 4. The monoisotopic (exact) mass is 267 g/mol. The molecule has 0 spiro atoms. The molecule has 3 N–H and O–H groups in total. The molecule has 0 bridgehead atoms. The topological polar surface area (TPSA) is 89.8 Å². The number of carbonyl (C=O) groups excluding carboxylic acids is 1. The van der Waals surface area contributed by atoms with Crippen LogP contribution in [0, 0.1) is 0 Å². The van der Waals surface area contributed by atoms with E-state index in [1.165, 1.54) is 0 Å². The molecule has 0 atom stereocenters. The molecule has 1 aromatic rings. The summed E-state index contributed by atoms with van der Waals surface area (Å²) < 4.78 is 10.1. The minimum absolute atomic E-state index is 0.146. The first-order valence-corrected chi connectivity index (χ1v) is 6.16. The van der Waals surface area contributed by atoms with Gasteiger partial charge in [-0.05, 0) is 39.8 Å². The normalized spacial score (nSPS) is 12.3. The third-order valence-electron chi connectivity index (χ3n) is 2.05. The Morgan fingerprint density at radius 2 is 2.16 bits per heavy atom. The van der Waals surface area contributed by atoms with Gasteiger partial charge in [-0.25, -0.2) is 9.79 Å². The van der Waals surface area contributed by atoms with Crippen molar-refractivity contribution in [3.8, 4) is 0 Å². The zero-order valence-electron chi connectivity index (χ0n) is 11.8. The summed E-state index contributed by atoms with van der Waals surface area (Å²) in [6.45, 7) is 8.29. The lowest BCUT2D eigenvalue weighted by atomic mass is 10.1. The highest BCUT2D eigenvalue weighted by atomic mass is 16.5. The van der Waals surface area contributed by atoms with Crippen LogP contribution >= 0.6 is 0 Å². The molecule has 0 radical (unpaired) electrons. The van der Waals surface area contributed by atoms with Crippen LogP contribution < -0.4 is 11.1 Å². The molecule has 0 aliphatic carbocycles. The van der Waals surface area contributed by atoms with Crippen LogP contribution in [-0.4, -0.2) is 24.1 Å². The second-order valence-corrected chi connectivity index (χ2v) is 5.06. The van der Waals surface area contributed by atoms with Gasteiger partial charge in [-0.3, -0.25) is 0 Å². The summed E-state index contributed by atoms with van der Waals surface area (Å²) in [5.41, 5.74) is 5.58. The molecular formula is C13H21N3O3. The number of furan rings is 1. The average Bonchev–Trinajstić information content (AvgIpc) is 2.73. The smallest absolute Gasteiger partial charge is 0.374 e. The summed E-state index contributed by atoms with van der Waals surface area (Å²) >= 11 is 0. The number of nitrogens with zero attached hydrogens (tertiary/aromatic N) is 1. The third kappa shape index (κ3) is 5.46. The van der Waals surface area contributed by atoms with Crippen LogP contribution in [0.3, 0.4) is 0 Å². The highest BCUT2D eigenvalue weighted by Crippen LogP contribution is 2.10. The Kier molecular flexibility index (Phi) is 4.97. The van der Waals surface area contributed by atoms with E-state index >= 15 is 0 Å². The molecule has 0 saturated heterocycles. The Hall–Kier alpha value is -1.98. The Bertz CT molecular complexity index is 458. The minimum atomic E-state index is -0.474. The van der Waals surface area contributed by atoms with Crippen LogP contribution in [-0.2, 0) is 11.3 Å². The average molecular weight is 267 g/mol. The van der Waals surface area contributed by atoms with Crippen molar-refractivity contribution in [1.29, 1.82) is 0 Å². The fourth-order valence-corrected chi connectivity index (χ4v) is 1.36. The number of aliphatic imine (C=N–C) groups is 1. The molecule has 0 aliphatic heterocycles. The van der Waals surface area contributed by atoms with Gasteiger partial charge >= 0.3 is 5.97 Å². The van der Waals surface area contributed by atoms with Crippen molar-refractivity contribution >= 4 is 11.9 Å². The second-order valence-electron chi connectivity index (χ2n) is 5.06. The summed E-state index contributed by atoms with van der Waals surface area (Å²) in [7, 11) is 0. The number of nitrogens with one attached hydrogen (secondary N) is 1. The van der Waals surface area contributed by atoms with E-state index in [2.05, 4.69) is 10.3 Å². The Morgan fingerprint density at radius 3 is 2.74 bits per heavy atom. The van der Waals surface area contributed by atoms with E-state index in [4.69, 9.17) is 14.9 Å². The van der Waals surface area contributed by atoms with Crippen LogP contribution in [0.2, 0.25) is 0 Å². The van der Waals surface area contributed by atoms with Crippen molar-refractivity contribution in [2.45, 2.75) is 39.8 Å². The molecule has 0 amide bonds. The van der Waals surface area contributed by atoms with Crippen LogP contribution in [0.5, 0.6) is 0 Å². The number of rotatable bonds is 4. The summed E-state index contributed by atoms with van der Waals surface area (Å²) in [5.74, 6) is 0.594. The van der Waals surface area contributed by atoms with Gasteiger partial charge in [-0.15, -0.1) is 0 Å². The Labute approximate surface area is 113 Å². The molecule has 106 valence electrons. The van der Waals surface area contributed by atoms with Gasteiger partial charge in [0.2, 0.25) is 5.76 Å². The van der Waals surface area contributed by atoms with Crippen molar-refractivity contribution in [3.63, 3.8) is 0 Å². The zero-order valence-corrected chi connectivity index (χ0v) is 11.8. The van der Waals surface area contributed by atoms with Gasteiger partial charge in [0.15, 0.2) is 5.96 Å². The van der Waals surface area contributed by atoms with E-state index < -0.39 is 5.97 Å². The number of hydrogen-bond donors (Lipinski definition) is 2. The lowest BCUT2D eigenvalue weighted by Gasteiger charge is -2.20. The molecule has 1 heterocycles. The van der Waals surface area contributed by atoms with E-state index in [-0.39, 0.29) is 17.8 Å². The van der Waals surface area contributed by atoms with Gasteiger partial charge in [-0.2, -0.15) is 0 Å². The van der Waals surface area contributed by atoms with E-state index in [0.717, 1.165) is 0 Å². The number of esters is 1. The first kappa shape index (κ1) is 15.1. The molecule has 0 fully saturated rings. The van der Waals surface area contributed by atoms with Crippen molar-refractivity contribution in [2.24, 2.45) is 10.7 Å². The van der Waals surface area contributed by atoms with Gasteiger partial charge in [0.25, 0.3) is 0 Å². The summed E-state index contributed by atoms with van der Waals surface area (Å²) in [4.78, 5) is 15.5. The fourth-order valence-electron chi connectivity index (χ4n) is 1.36. The lowest BCUT2D eigenvalue weighted by Crippen LogP contribution is -2.44. The quantitative estimate of drug-likeness (QED) is 0.492.